The van der Waals surface area contributed by atoms with E-state index in [1.54, 1.807) is 38.1 Å². The topological polar surface area (TPSA) is 84.9 Å². The number of ether oxygens (including phenoxy) is 2. The fourth-order valence-electron chi connectivity index (χ4n) is 7.48. The first-order chi connectivity index (χ1) is 33.3. The molecule has 0 atom stereocenters. The number of benzene rings is 6. The maximum Gasteiger partial charge on any atom is 2.00 e. The van der Waals surface area contributed by atoms with E-state index >= 15 is 0 Å². The number of fused-ring (bicyclic) bond motifs is 4. The van der Waals surface area contributed by atoms with E-state index in [-0.39, 0.29) is 21.1 Å². The van der Waals surface area contributed by atoms with Crippen molar-refractivity contribution >= 4 is 58.2 Å². The van der Waals surface area contributed by atoms with Crippen LogP contribution in [0.25, 0.3) is 11.4 Å². The summed E-state index contributed by atoms with van der Waals surface area (Å²) in [6.07, 6.45) is 17.4. The van der Waals surface area contributed by atoms with Gasteiger partial charge in [-0.25, -0.2) is 9.59 Å². The van der Waals surface area contributed by atoms with Gasteiger partial charge in [0.05, 0.1) is 58.5 Å². The van der Waals surface area contributed by atoms with Crippen molar-refractivity contribution in [2.75, 3.05) is 23.0 Å². The number of para-hydroxylation sites is 4. The van der Waals surface area contributed by atoms with Gasteiger partial charge in [-0.05, 0) is 97.8 Å². The number of pyridine rings is 2. The SMILES string of the molecule is CCOC(=O)c1ccnc(-c2cc(C(=O)OCC)ccn2)c1.[13C-]#[13C]c1ccc(CN2c3ccccc3Sc3ccccc32)cc1.[C-]#Cc1ccc(CN2c3ccccc3Sc3ccccc32)cc1.[Pt+2]. The van der Waals surface area contributed by atoms with Crippen LogP contribution in [0.4, 0.5) is 22.7 Å². The number of nitrogens with zero attached hydrogens (tertiary/aromatic N) is 4. The molecule has 0 fully saturated rings. The molecule has 2 aliphatic heterocycles. The predicted molar refractivity (Wildman–Crippen MR) is 270 cm³/mol. The van der Waals surface area contributed by atoms with Crippen molar-refractivity contribution in [3.63, 3.8) is 0 Å². The van der Waals surface area contributed by atoms with Gasteiger partial charge in [-0.1, -0.05) is 96.3 Å². The standard InChI is InChI=1S/2C21H14NS.C16H16N2O4.Pt/c2*1-2-16-11-13-17(14-12-16)15-22-18-7-3-5-9-20(18)23-21-10-6-4-8-19(21)22;1-3-21-15(19)11-5-7-17-13(9-11)14-10-12(6-8-18-14)16(20)22-4-2;/h2*3-14H,15H2;5-10H,3-4H2,1-2H3;/q2*-1;;+2/i1+1,2+1;;;. The molecule has 4 heterocycles. The summed E-state index contributed by atoms with van der Waals surface area (Å²) in [5.74, 6) is 4.00. The third-order valence-electron chi connectivity index (χ3n) is 10.7. The summed E-state index contributed by atoms with van der Waals surface area (Å²) in [5, 5.41) is 0. The molecule has 0 aliphatic carbocycles. The summed E-state index contributed by atoms with van der Waals surface area (Å²) in [4.78, 5) is 41.7. The normalized spacial score (nSPS) is 11.4. The van der Waals surface area contributed by atoms with Gasteiger partial charge in [-0.15, -0.1) is 35.4 Å². The molecule has 2 aromatic heterocycles. The van der Waals surface area contributed by atoms with E-state index < -0.39 is 11.9 Å². The summed E-state index contributed by atoms with van der Waals surface area (Å²) in [7, 11) is 0. The Morgan fingerprint density at radius 1 is 0.493 bits per heavy atom. The molecule has 0 bridgehead atoms. The summed E-state index contributed by atoms with van der Waals surface area (Å²) in [6.45, 7) is 5.70. The van der Waals surface area contributed by atoms with Crippen LogP contribution in [0.2, 0.25) is 0 Å². The molecule has 0 saturated heterocycles. The smallest absolute Gasteiger partial charge is 0.462 e. The van der Waals surface area contributed by atoms with Crippen LogP contribution in [-0.4, -0.2) is 35.1 Å². The minimum Gasteiger partial charge on any atom is -0.462 e. The number of rotatable bonds is 9. The van der Waals surface area contributed by atoms with Crippen LogP contribution < -0.4 is 9.80 Å². The Balaban J connectivity index is 0.000000152. The van der Waals surface area contributed by atoms with Crippen LogP contribution in [0.3, 0.4) is 0 Å². The van der Waals surface area contributed by atoms with Crippen LogP contribution in [0, 0.1) is 24.7 Å². The van der Waals surface area contributed by atoms with Crippen molar-refractivity contribution in [3.05, 3.63) is 228 Å². The Labute approximate surface area is 426 Å². The quantitative estimate of drug-likeness (QED) is 0.0603. The molecule has 0 unspecified atom stereocenters. The molecular formula is C58H44N4O4PtS2. The van der Waals surface area contributed by atoms with Gasteiger partial charge >= 0.3 is 33.0 Å². The molecule has 2 aliphatic rings. The van der Waals surface area contributed by atoms with E-state index in [9.17, 15) is 9.59 Å². The molecule has 8 aromatic rings. The summed E-state index contributed by atoms with van der Waals surface area (Å²) < 4.78 is 9.90. The third kappa shape index (κ3) is 12.2. The maximum atomic E-state index is 11.7. The Morgan fingerprint density at radius 2 is 0.812 bits per heavy atom. The van der Waals surface area contributed by atoms with Gasteiger partial charge in [0.2, 0.25) is 0 Å². The van der Waals surface area contributed by atoms with Crippen molar-refractivity contribution in [2.45, 2.75) is 46.5 Å². The predicted octanol–water partition coefficient (Wildman–Crippen LogP) is 13.3. The van der Waals surface area contributed by atoms with Crippen molar-refractivity contribution in [1.82, 2.24) is 9.97 Å². The zero-order chi connectivity index (χ0) is 47.2. The molecule has 8 nitrogen and oxygen atoms in total. The molecule has 0 spiro atoms. The van der Waals surface area contributed by atoms with Crippen LogP contribution in [-0.2, 0) is 43.6 Å². The van der Waals surface area contributed by atoms with Crippen LogP contribution >= 0.6 is 23.5 Å². The molecule has 6 aromatic carbocycles. The molecule has 11 heteroatoms. The average Bonchev–Trinajstić information content (AvgIpc) is 3.39. The van der Waals surface area contributed by atoms with Crippen molar-refractivity contribution in [3.8, 4) is 23.2 Å². The molecular weight excluding hydrogens is 1080 g/mol. The second kappa shape index (κ2) is 24.1. The zero-order valence-electron chi connectivity index (χ0n) is 37.7. The Morgan fingerprint density at radius 3 is 1.12 bits per heavy atom. The number of hydrogen-bond donors (Lipinski definition) is 0. The second-order valence-corrected chi connectivity index (χ2v) is 17.4. The Bertz CT molecular complexity index is 2850. The number of hydrogen-bond acceptors (Lipinski definition) is 10. The van der Waals surface area contributed by atoms with Gasteiger partial charge in [0, 0.05) is 45.1 Å². The van der Waals surface area contributed by atoms with Crippen LogP contribution in [0.5, 0.6) is 0 Å². The summed E-state index contributed by atoms with van der Waals surface area (Å²) in [5.41, 5.74) is 10.8. The van der Waals surface area contributed by atoms with E-state index in [2.05, 4.69) is 153 Å². The average molecular weight is 1120 g/mol. The molecule has 0 N–H and O–H groups in total. The first-order valence-corrected chi connectivity index (χ1v) is 23.6. The van der Waals surface area contributed by atoms with Crippen LogP contribution in [0.1, 0.15) is 56.8 Å². The van der Waals surface area contributed by atoms with E-state index in [0.717, 1.165) is 24.2 Å². The second-order valence-electron chi connectivity index (χ2n) is 15.2. The van der Waals surface area contributed by atoms with E-state index in [1.807, 2.05) is 47.8 Å². The maximum absolute atomic E-state index is 11.7. The monoisotopic (exact) mass is 1120 g/mol. The fraction of sp³-hybridized carbons (Fsp3) is 0.103. The molecule has 0 amide bonds. The zero-order valence-corrected chi connectivity index (χ0v) is 41.6. The van der Waals surface area contributed by atoms with Crippen molar-refractivity contribution < 1.29 is 40.1 Å². The molecule has 342 valence electrons. The van der Waals surface area contributed by atoms with E-state index in [1.165, 1.54) is 65.9 Å². The largest absolute Gasteiger partial charge is 2.00 e. The Hall–Kier alpha value is -7.33. The summed E-state index contributed by atoms with van der Waals surface area (Å²) >= 11 is 3.65. The molecule has 0 saturated carbocycles. The fourth-order valence-corrected chi connectivity index (χ4v) is 9.67. The molecule has 0 radical (unpaired) electrons. The van der Waals surface area contributed by atoms with E-state index in [4.69, 9.17) is 22.3 Å². The van der Waals surface area contributed by atoms with Gasteiger partial charge in [0.25, 0.3) is 0 Å². The Kier molecular flexibility index (Phi) is 17.3. The number of aromatic nitrogens is 2. The first-order valence-electron chi connectivity index (χ1n) is 21.9. The number of carbonyl (C=O) groups is 2. The van der Waals surface area contributed by atoms with Crippen molar-refractivity contribution in [2.24, 2.45) is 0 Å². The number of carbonyl (C=O) groups excluding carboxylic acids is 2. The first kappa shape index (κ1) is 49.6. The molecule has 69 heavy (non-hydrogen) atoms. The minimum atomic E-state index is -0.423. The van der Waals surface area contributed by atoms with Gasteiger partial charge in [-0.3, -0.25) is 21.8 Å². The van der Waals surface area contributed by atoms with Gasteiger partial charge in [0.15, 0.2) is 0 Å². The van der Waals surface area contributed by atoms with Gasteiger partial charge in [-0.2, -0.15) is 0 Å². The number of esters is 2. The van der Waals surface area contributed by atoms with E-state index in [0.29, 0.717) is 35.7 Å². The van der Waals surface area contributed by atoms with Crippen molar-refractivity contribution in [1.29, 1.82) is 0 Å². The third-order valence-corrected chi connectivity index (χ3v) is 13.0. The minimum absolute atomic E-state index is 0. The summed E-state index contributed by atoms with van der Waals surface area (Å²) in [6, 6.07) is 56.5. The van der Waals surface area contributed by atoms with Gasteiger partial charge in [0.1, 0.15) is 0 Å². The van der Waals surface area contributed by atoms with Gasteiger partial charge < -0.3 is 32.1 Å². The molecule has 10 rings (SSSR count). The van der Waals surface area contributed by atoms with Crippen LogP contribution in [0.15, 0.2) is 202 Å². The number of anilines is 4.